The van der Waals surface area contributed by atoms with Crippen LogP contribution in [0.5, 0.6) is 0 Å². The zero-order chi connectivity index (χ0) is 13.4. The van der Waals surface area contributed by atoms with Gasteiger partial charge in [0.05, 0.1) is 11.2 Å². The Morgan fingerprint density at radius 1 is 1.21 bits per heavy atom. The highest BCUT2D eigenvalue weighted by Gasteiger charge is 2.29. The van der Waals surface area contributed by atoms with Crippen LogP contribution in [0.25, 0.3) is 10.9 Å². The van der Waals surface area contributed by atoms with E-state index in [9.17, 15) is 0 Å². The molecule has 3 rings (SSSR count). The first-order valence-corrected chi connectivity index (χ1v) is 7.06. The molecule has 0 amide bonds. The Bertz CT molecular complexity index is 594. The van der Waals surface area contributed by atoms with E-state index in [-0.39, 0.29) is 0 Å². The van der Waals surface area contributed by atoms with E-state index in [0.717, 1.165) is 28.2 Å². The molecule has 3 N–H and O–H groups in total. The monoisotopic (exact) mass is 255 g/mol. The second-order valence-electron chi connectivity index (χ2n) is 5.77. The molecule has 3 atom stereocenters. The van der Waals surface area contributed by atoms with E-state index in [2.05, 4.69) is 30.2 Å². The van der Waals surface area contributed by atoms with Gasteiger partial charge in [0, 0.05) is 23.3 Å². The molecule has 1 saturated carbocycles. The average molecular weight is 255 g/mol. The molecule has 0 aliphatic heterocycles. The lowest BCUT2D eigenvalue weighted by Crippen LogP contribution is -2.24. The van der Waals surface area contributed by atoms with E-state index >= 15 is 0 Å². The van der Waals surface area contributed by atoms with Crippen LogP contribution in [0.1, 0.15) is 26.7 Å². The van der Waals surface area contributed by atoms with Crippen molar-refractivity contribution in [3.05, 3.63) is 30.5 Å². The molecule has 3 heteroatoms. The van der Waals surface area contributed by atoms with Crippen LogP contribution in [0.15, 0.2) is 30.5 Å². The second kappa shape index (κ2) is 4.72. The maximum atomic E-state index is 6.01. The Kier molecular flexibility index (Phi) is 3.05. The van der Waals surface area contributed by atoms with E-state index in [1.54, 1.807) is 0 Å². The molecule has 0 radical (unpaired) electrons. The lowest BCUT2D eigenvalue weighted by atomic mass is 9.97. The number of hydrogen-bond donors (Lipinski definition) is 2. The predicted octanol–water partition coefficient (Wildman–Crippen LogP) is 3.66. The van der Waals surface area contributed by atoms with Gasteiger partial charge in [-0.3, -0.25) is 4.98 Å². The van der Waals surface area contributed by atoms with Gasteiger partial charge in [0.15, 0.2) is 0 Å². The molecule has 19 heavy (non-hydrogen) atoms. The highest BCUT2D eigenvalue weighted by Crippen LogP contribution is 2.35. The van der Waals surface area contributed by atoms with Crippen LogP contribution in [-0.2, 0) is 0 Å². The zero-order valence-corrected chi connectivity index (χ0v) is 11.6. The van der Waals surface area contributed by atoms with Gasteiger partial charge in [-0.25, -0.2) is 0 Å². The van der Waals surface area contributed by atoms with Gasteiger partial charge < -0.3 is 11.1 Å². The smallest absolute Gasteiger partial charge is 0.0953 e. The third-order valence-corrected chi connectivity index (χ3v) is 4.61. The first-order chi connectivity index (χ1) is 9.16. The minimum absolute atomic E-state index is 0.545. The van der Waals surface area contributed by atoms with Crippen molar-refractivity contribution in [2.75, 3.05) is 11.1 Å². The van der Waals surface area contributed by atoms with Crippen molar-refractivity contribution in [2.45, 2.75) is 32.7 Å². The first-order valence-electron chi connectivity index (χ1n) is 7.06. The fraction of sp³-hybridized carbons (Fsp3) is 0.438. The van der Waals surface area contributed by atoms with Crippen LogP contribution in [0.3, 0.4) is 0 Å². The van der Waals surface area contributed by atoms with Gasteiger partial charge in [0.1, 0.15) is 0 Å². The molecule has 3 nitrogen and oxygen atoms in total. The Hall–Kier alpha value is -1.77. The number of pyridine rings is 1. The zero-order valence-electron chi connectivity index (χ0n) is 11.6. The Labute approximate surface area is 114 Å². The molecule has 1 aromatic carbocycles. The van der Waals surface area contributed by atoms with Crippen LogP contribution in [-0.4, -0.2) is 11.0 Å². The van der Waals surface area contributed by atoms with Gasteiger partial charge in [-0.05, 0) is 48.9 Å². The SMILES string of the molecule is CC1CCC(Nc2ccc(N)c3cccnc23)C1C. The Balaban J connectivity index is 1.96. The number of aromatic nitrogens is 1. The van der Waals surface area contributed by atoms with Gasteiger partial charge in [-0.15, -0.1) is 0 Å². The number of nitrogen functional groups attached to an aromatic ring is 1. The number of benzene rings is 1. The maximum absolute atomic E-state index is 6.01. The van der Waals surface area contributed by atoms with Crippen LogP contribution < -0.4 is 11.1 Å². The fourth-order valence-electron chi connectivity index (χ4n) is 3.08. The standard InChI is InChI=1S/C16H21N3/c1-10-5-7-14(11(10)2)19-15-8-6-13(17)12-4-3-9-18-16(12)15/h3-4,6,8-11,14,19H,5,7,17H2,1-2H3. The fourth-order valence-corrected chi connectivity index (χ4v) is 3.08. The summed E-state index contributed by atoms with van der Waals surface area (Å²) >= 11 is 0. The summed E-state index contributed by atoms with van der Waals surface area (Å²) < 4.78 is 0. The summed E-state index contributed by atoms with van der Waals surface area (Å²) in [5, 5.41) is 4.71. The third-order valence-electron chi connectivity index (χ3n) is 4.61. The van der Waals surface area contributed by atoms with E-state index in [0.29, 0.717) is 12.0 Å². The van der Waals surface area contributed by atoms with Crippen molar-refractivity contribution in [2.24, 2.45) is 11.8 Å². The minimum atomic E-state index is 0.545. The van der Waals surface area contributed by atoms with E-state index in [1.807, 2.05) is 24.4 Å². The largest absolute Gasteiger partial charge is 0.398 e. The van der Waals surface area contributed by atoms with Gasteiger partial charge in [0.2, 0.25) is 0 Å². The van der Waals surface area contributed by atoms with E-state index in [4.69, 9.17) is 5.73 Å². The molecule has 1 heterocycles. The van der Waals surface area contributed by atoms with Crippen molar-refractivity contribution in [3.63, 3.8) is 0 Å². The molecule has 1 aliphatic carbocycles. The predicted molar refractivity (Wildman–Crippen MR) is 81.1 cm³/mol. The average Bonchev–Trinajstić information content (AvgIpc) is 2.74. The number of fused-ring (bicyclic) bond motifs is 1. The molecule has 3 unspecified atom stereocenters. The second-order valence-corrected chi connectivity index (χ2v) is 5.77. The topological polar surface area (TPSA) is 50.9 Å². The molecule has 1 aliphatic rings. The van der Waals surface area contributed by atoms with E-state index in [1.165, 1.54) is 12.8 Å². The highest BCUT2D eigenvalue weighted by atomic mass is 14.9. The normalized spacial score (nSPS) is 26.7. The number of nitrogens with zero attached hydrogens (tertiary/aromatic N) is 1. The van der Waals surface area contributed by atoms with Crippen LogP contribution >= 0.6 is 0 Å². The molecule has 0 spiro atoms. The van der Waals surface area contributed by atoms with Crippen molar-refractivity contribution < 1.29 is 0 Å². The molecule has 100 valence electrons. The summed E-state index contributed by atoms with van der Waals surface area (Å²) in [5.74, 6) is 1.50. The molecule has 2 aromatic rings. The molecular formula is C16H21N3. The summed E-state index contributed by atoms with van der Waals surface area (Å²) in [6.45, 7) is 4.67. The summed E-state index contributed by atoms with van der Waals surface area (Å²) in [4.78, 5) is 4.49. The summed E-state index contributed by atoms with van der Waals surface area (Å²) in [6.07, 6.45) is 4.37. The van der Waals surface area contributed by atoms with Crippen molar-refractivity contribution >= 4 is 22.3 Å². The molecule has 1 fully saturated rings. The first kappa shape index (κ1) is 12.3. The van der Waals surface area contributed by atoms with Gasteiger partial charge in [0.25, 0.3) is 0 Å². The molecular weight excluding hydrogens is 234 g/mol. The van der Waals surface area contributed by atoms with Crippen LogP contribution in [0.4, 0.5) is 11.4 Å². The third kappa shape index (κ3) is 2.14. The molecule has 0 bridgehead atoms. The summed E-state index contributed by atoms with van der Waals surface area (Å²) in [7, 11) is 0. The number of anilines is 2. The minimum Gasteiger partial charge on any atom is -0.398 e. The Morgan fingerprint density at radius 3 is 2.79 bits per heavy atom. The van der Waals surface area contributed by atoms with Gasteiger partial charge >= 0.3 is 0 Å². The number of nitrogens with two attached hydrogens (primary N) is 1. The van der Waals surface area contributed by atoms with Gasteiger partial charge in [-0.2, -0.15) is 0 Å². The number of hydrogen-bond acceptors (Lipinski definition) is 3. The maximum Gasteiger partial charge on any atom is 0.0953 e. The molecule has 0 saturated heterocycles. The lowest BCUT2D eigenvalue weighted by molar-refractivity contribution is 0.435. The highest BCUT2D eigenvalue weighted by molar-refractivity contribution is 5.98. The summed E-state index contributed by atoms with van der Waals surface area (Å²) in [6, 6.07) is 8.53. The van der Waals surface area contributed by atoms with Gasteiger partial charge in [-0.1, -0.05) is 13.8 Å². The lowest BCUT2D eigenvalue weighted by Gasteiger charge is -2.21. The number of nitrogens with one attached hydrogen (secondary N) is 1. The van der Waals surface area contributed by atoms with Crippen molar-refractivity contribution in [1.29, 1.82) is 0 Å². The van der Waals surface area contributed by atoms with Crippen LogP contribution in [0.2, 0.25) is 0 Å². The van der Waals surface area contributed by atoms with Crippen LogP contribution in [0, 0.1) is 11.8 Å². The quantitative estimate of drug-likeness (QED) is 0.805. The van der Waals surface area contributed by atoms with E-state index < -0.39 is 0 Å². The summed E-state index contributed by atoms with van der Waals surface area (Å²) in [5.41, 5.74) is 8.90. The molecule has 1 aromatic heterocycles. The van der Waals surface area contributed by atoms with Crippen molar-refractivity contribution in [1.82, 2.24) is 4.98 Å². The Morgan fingerprint density at radius 2 is 2.05 bits per heavy atom. The van der Waals surface area contributed by atoms with Crippen molar-refractivity contribution in [3.8, 4) is 0 Å². The number of rotatable bonds is 2.